The van der Waals surface area contributed by atoms with Gasteiger partial charge in [-0.3, -0.25) is 0 Å². The minimum atomic E-state index is 0.547. The lowest BCUT2D eigenvalue weighted by Gasteiger charge is -2.56. The molecule has 0 aromatic rings. The first kappa shape index (κ1) is 12.9. The number of nitrogens with two attached hydrogens (primary N) is 1. The Kier molecular flexibility index (Phi) is 3.41. The van der Waals surface area contributed by atoms with Gasteiger partial charge in [-0.1, -0.05) is 13.8 Å². The fourth-order valence-electron chi connectivity index (χ4n) is 5.22. The second kappa shape index (κ2) is 4.77. The molecule has 18 heavy (non-hydrogen) atoms. The largest absolute Gasteiger partial charge is 0.330 e. The first-order valence-electron chi connectivity index (χ1n) is 7.78. The van der Waals surface area contributed by atoms with E-state index < -0.39 is 0 Å². The number of hydrogen-bond donors (Lipinski definition) is 1. The SMILES string of the molecule is CC(C)CC12CN3CCN(CC(C3)C1CCN)C2. The lowest BCUT2D eigenvalue weighted by Crippen LogP contribution is -2.61. The van der Waals surface area contributed by atoms with Gasteiger partial charge in [-0.05, 0) is 42.6 Å². The maximum absolute atomic E-state index is 5.91. The van der Waals surface area contributed by atoms with Crippen LogP contribution in [0.15, 0.2) is 0 Å². The summed E-state index contributed by atoms with van der Waals surface area (Å²) >= 11 is 0. The second-order valence-corrected chi connectivity index (χ2v) is 7.37. The molecule has 0 aliphatic carbocycles. The number of piperidine rings is 2. The van der Waals surface area contributed by atoms with Crippen molar-refractivity contribution in [3.05, 3.63) is 0 Å². The van der Waals surface area contributed by atoms with Crippen molar-refractivity contribution in [2.75, 3.05) is 45.8 Å². The molecule has 2 N–H and O–H groups in total. The van der Waals surface area contributed by atoms with Crippen LogP contribution >= 0.6 is 0 Å². The third-order valence-electron chi connectivity index (χ3n) is 5.44. The molecule has 3 unspecified atom stereocenters. The summed E-state index contributed by atoms with van der Waals surface area (Å²) in [6.45, 7) is 13.6. The van der Waals surface area contributed by atoms with Gasteiger partial charge in [0.15, 0.2) is 0 Å². The van der Waals surface area contributed by atoms with Crippen LogP contribution in [0.4, 0.5) is 0 Å². The first-order chi connectivity index (χ1) is 8.63. The molecular formula is C15H29N3. The topological polar surface area (TPSA) is 32.5 Å². The molecule has 4 heterocycles. The third kappa shape index (κ3) is 2.10. The average Bonchev–Trinajstić information content (AvgIpc) is 2.50. The van der Waals surface area contributed by atoms with Crippen molar-refractivity contribution in [1.82, 2.24) is 9.80 Å². The Balaban J connectivity index is 1.89. The number of fused-ring (bicyclic) bond motifs is 1. The van der Waals surface area contributed by atoms with Gasteiger partial charge in [0.05, 0.1) is 0 Å². The zero-order chi connectivity index (χ0) is 12.8. The minimum Gasteiger partial charge on any atom is -0.330 e. The monoisotopic (exact) mass is 251 g/mol. The van der Waals surface area contributed by atoms with Crippen LogP contribution in [-0.4, -0.2) is 55.6 Å². The van der Waals surface area contributed by atoms with Crippen molar-refractivity contribution in [2.24, 2.45) is 28.9 Å². The van der Waals surface area contributed by atoms with Crippen LogP contribution in [0.2, 0.25) is 0 Å². The molecule has 4 bridgehead atoms. The Bertz CT molecular complexity index is 286. The molecule has 3 atom stereocenters. The lowest BCUT2D eigenvalue weighted by atomic mass is 9.59. The fourth-order valence-corrected chi connectivity index (χ4v) is 5.22. The highest BCUT2D eigenvalue weighted by Crippen LogP contribution is 2.50. The van der Waals surface area contributed by atoms with Crippen LogP contribution in [0.25, 0.3) is 0 Å². The van der Waals surface area contributed by atoms with E-state index in [1.165, 1.54) is 52.1 Å². The molecule has 0 radical (unpaired) electrons. The average molecular weight is 251 g/mol. The van der Waals surface area contributed by atoms with E-state index in [9.17, 15) is 0 Å². The highest BCUT2D eigenvalue weighted by atomic mass is 15.3. The molecule has 4 fully saturated rings. The first-order valence-corrected chi connectivity index (χ1v) is 7.78. The summed E-state index contributed by atoms with van der Waals surface area (Å²) in [4.78, 5) is 5.49. The Hall–Kier alpha value is -0.120. The maximum atomic E-state index is 5.91. The van der Waals surface area contributed by atoms with E-state index in [1.807, 2.05) is 0 Å². The molecule has 3 nitrogen and oxygen atoms in total. The molecule has 4 saturated heterocycles. The van der Waals surface area contributed by atoms with Crippen molar-refractivity contribution in [2.45, 2.75) is 26.7 Å². The van der Waals surface area contributed by atoms with E-state index in [2.05, 4.69) is 23.6 Å². The van der Waals surface area contributed by atoms with Gasteiger partial charge in [-0.25, -0.2) is 0 Å². The molecule has 4 aliphatic heterocycles. The molecule has 0 saturated carbocycles. The van der Waals surface area contributed by atoms with Crippen LogP contribution in [0.1, 0.15) is 26.7 Å². The van der Waals surface area contributed by atoms with Gasteiger partial charge < -0.3 is 15.5 Å². The molecule has 0 spiro atoms. The standard InChI is InChI=1S/C15H29N3/c1-12(2)7-15-10-17-5-6-18(11-15)9-13(8-17)14(15)3-4-16/h12-14H,3-11,16H2,1-2H3. The number of rotatable bonds is 4. The fraction of sp³-hybridized carbons (Fsp3) is 1.00. The van der Waals surface area contributed by atoms with Crippen LogP contribution in [-0.2, 0) is 0 Å². The Morgan fingerprint density at radius 3 is 2.28 bits per heavy atom. The van der Waals surface area contributed by atoms with E-state index in [-0.39, 0.29) is 0 Å². The van der Waals surface area contributed by atoms with Crippen molar-refractivity contribution >= 4 is 0 Å². The minimum absolute atomic E-state index is 0.547. The van der Waals surface area contributed by atoms with Crippen molar-refractivity contribution in [3.8, 4) is 0 Å². The highest BCUT2D eigenvalue weighted by molar-refractivity contribution is 5.05. The maximum Gasteiger partial charge on any atom is 0.0110 e. The molecule has 4 rings (SSSR count). The van der Waals surface area contributed by atoms with Gasteiger partial charge in [-0.15, -0.1) is 0 Å². The van der Waals surface area contributed by atoms with Crippen molar-refractivity contribution < 1.29 is 0 Å². The van der Waals surface area contributed by atoms with Crippen LogP contribution in [0.3, 0.4) is 0 Å². The number of nitrogens with zero attached hydrogens (tertiary/aromatic N) is 2. The Morgan fingerprint density at radius 1 is 1.17 bits per heavy atom. The molecule has 3 heteroatoms. The molecule has 0 aromatic carbocycles. The Labute approximate surface area is 112 Å². The van der Waals surface area contributed by atoms with Gasteiger partial charge in [0.1, 0.15) is 0 Å². The van der Waals surface area contributed by atoms with E-state index >= 15 is 0 Å². The van der Waals surface area contributed by atoms with E-state index in [1.54, 1.807) is 0 Å². The smallest absolute Gasteiger partial charge is 0.0110 e. The quantitative estimate of drug-likeness (QED) is 0.816. The molecule has 0 amide bonds. The molecule has 4 aliphatic rings. The zero-order valence-corrected chi connectivity index (χ0v) is 12.1. The van der Waals surface area contributed by atoms with Crippen LogP contribution in [0, 0.1) is 23.2 Å². The van der Waals surface area contributed by atoms with Crippen molar-refractivity contribution in [3.63, 3.8) is 0 Å². The number of hydrogen-bond acceptors (Lipinski definition) is 3. The van der Waals surface area contributed by atoms with Gasteiger partial charge >= 0.3 is 0 Å². The third-order valence-corrected chi connectivity index (χ3v) is 5.44. The zero-order valence-electron chi connectivity index (χ0n) is 12.1. The molecular weight excluding hydrogens is 222 g/mol. The van der Waals surface area contributed by atoms with E-state index in [0.29, 0.717) is 5.41 Å². The predicted octanol–water partition coefficient (Wildman–Crippen LogP) is 1.24. The predicted molar refractivity (Wildman–Crippen MR) is 75.4 cm³/mol. The van der Waals surface area contributed by atoms with Crippen LogP contribution in [0.5, 0.6) is 0 Å². The summed E-state index contributed by atoms with van der Waals surface area (Å²) in [5.41, 5.74) is 6.46. The second-order valence-electron chi connectivity index (χ2n) is 7.37. The molecule has 104 valence electrons. The van der Waals surface area contributed by atoms with Crippen LogP contribution < -0.4 is 5.73 Å². The summed E-state index contributed by atoms with van der Waals surface area (Å²) in [6, 6.07) is 0. The summed E-state index contributed by atoms with van der Waals surface area (Å²) in [7, 11) is 0. The normalized spacial score (nSPS) is 46.7. The van der Waals surface area contributed by atoms with Crippen molar-refractivity contribution in [1.29, 1.82) is 0 Å². The molecule has 0 aromatic heterocycles. The van der Waals surface area contributed by atoms with Gasteiger partial charge in [0, 0.05) is 39.3 Å². The van der Waals surface area contributed by atoms with E-state index in [0.717, 1.165) is 24.3 Å². The summed E-state index contributed by atoms with van der Waals surface area (Å²) < 4.78 is 0. The van der Waals surface area contributed by atoms with Gasteiger partial charge in [0.25, 0.3) is 0 Å². The lowest BCUT2D eigenvalue weighted by molar-refractivity contribution is -0.0723. The Morgan fingerprint density at radius 2 is 1.78 bits per heavy atom. The summed E-state index contributed by atoms with van der Waals surface area (Å²) in [5.74, 6) is 2.58. The van der Waals surface area contributed by atoms with E-state index in [4.69, 9.17) is 5.73 Å². The summed E-state index contributed by atoms with van der Waals surface area (Å²) in [5, 5.41) is 0. The van der Waals surface area contributed by atoms with Gasteiger partial charge in [-0.2, -0.15) is 0 Å². The van der Waals surface area contributed by atoms with Gasteiger partial charge in [0.2, 0.25) is 0 Å². The summed E-state index contributed by atoms with van der Waals surface area (Å²) in [6.07, 6.45) is 2.64. The highest BCUT2D eigenvalue weighted by Gasteiger charge is 2.53.